The number of benzene rings is 1. The quantitative estimate of drug-likeness (QED) is 0.349. The summed E-state index contributed by atoms with van der Waals surface area (Å²) in [5.74, 6) is -0.891. The number of halogens is 1. The number of methoxy groups -OCH3 is 1. The normalized spacial score (nSPS) is 16.6. The molecule has 0 aliphatic carbocycles. The van der Waals surface area contributed by atoms with Crippen LogP contribution in [-0.2, 0) is 14.3 Å². The molecule has 10 heteroatoms. The Morgan fingerprint density at radius 1 is 1.17 bits per heavy atom. The standard InChI is InChI=1S/C20H17ClN2O7/c1-27-6-7-29-19(25)15-13(8-21)22-20(26)23-16(15)12-9-30-18-10-4-5-28-14(10)3-2-11(18)17(12)24/h2-5,9,16H,6-8H2,1H3,(H2,22,23,26). The van der Waals surface area contributed by atoms with E-state index in [4.69, 9.17) is 29.9 Å². The van der Waals surface area contributed by atoms with Gasteiger partial charge in [0.25, 0.3) is 0 Å². The molecular weight excluding hydrogens is 416 g/mol. The maximum absolute atomic E-state index is 13.2. The zero-order chi connectivity index (χ0) is 21.3. The summed E-state index contributed by atoms with van der Waals surface area (Å²) < 4.78 is 21.1. The predicted molar refractivity (Wildman–Crippen MR) is 107 cm³/mol. The molecule has 0 radical (unpaired) electrons. The van der Waals surface area contributed by atoms with Crippen LogP contribution in [0.3, 0.4) is 0 Å². The van der Waals surface area contributed by atoms with Crippen molar-refractivity contribution in [3.05, 3.63) is 57.8 Å². The summed E-state index contributed by atoms with van der Waals surface area (Å²) in [7, 11) is 1.47. The number of nitrogens with one attached hydrogen (secondary N) is 2. The number of furan rings is 1. The van der Waals surface area contributed by atoms with Crippen LogP contribution < -0.4 is 16.1 Å². The van der Waals surface area contributed by atoms with Gasteiger partial charge in [0.15, 0.2) is 5.43 Å². The lowest BCUT2D eigenvalue weighted by atomic mass is 9.95. The van der Waals surface area contributed by atoms with Gasteiger partial charge in [0, 0.05) is 12.8 Å². The van der Waals surface area contributed by atoms with Crippen LogP contribution in [0, 0.1) is 0 Å². The highest BCUT2D eigenvalue weighted by atomic mass is 35.5. The molecule has 2 amide bonds. The van der Waals surface area contributed by atoms with Crippen molar-refractivity contribution < 1.29 is 27.9 Å². The molecule has 0 spiro atoms. The lowest BCUT2D eigenvalue weighted by molar-refractivity contribution is -0.140. The van der Waals surface area contributed by atoms with Gasteiger partial charge in [-0.15, -0.1) is 11.6 Å². The Morgan fingerprint density at radius 2 is 2.00 bits per heavy atom. The molecule has 1 aliphatic rings. The minimum Gasteiger partial charge on any atom is -0.464 e. The van der Waals surface area contributed by atoms with Gasteiger partial charge in [-0.05, 0) is 18.2 Å². The summed E-state index contributed by atoms with van der Waals surface area (Å²) in [4.78, 5) is 38.1. The topological polar surface area (TPSA) is 120 Å². The lowest BCUT2D eigenvalue weighted by Gasteiger charge is -2.28. The molecule has 2 N–H and O–H groups in total. The molecule has 2 aromatic heterocycles. The Hall–Kier alpha value is -3.30. The molecule has 30 heavy (non-hydrogen) atoms. The molecule has 0 fully saturated rings. The second-order valence-corrected chi connectivity index (χ2v) is 6.75. The molecule has 1 unspecified atom stereocenters. The monoisotopic (exact) mass is 432 g/mol. The average molecular weight is 433 g/mol. The van der Waals surface area contributed by atoms with Gasteiger partial charge in [0.2, 0.25) is 0 Å². The summed E-state index contributed by atoms with van der Waals surface area (Å²) in [6.07, 6.45) is 2.72. The van der Waals surface area contributed by atoms with E-state index in [-0.39, 0.29) is 41.3 Å². The van der Waals surface area contributed by atoms with Crippen LogP contribution in [0.15, 0.2) is 55.6 Å². The maximum atomic E-state index is 13.2. The van der Waals surface area contributed by atoms with Crippen LogP contribution in [0.5, 0.6) is 0 Å². The SMILES string of the molecule is COCCOC(=O)C1=C(CCl)NC(=O)NC1c1coc2c(ccc3occc32)c1=O. The van der Waals surface area contributed by atoms with E-state index in [9.17, 15) is 14.4 Å². The number of urea groups is 1. The molecule has 3 heterocycles. The van der Waals surface area contributed by atoms with Gasteiger partial charge in [-0.2, -0.15) is 0 Å². The van der Waals surface area contributed by atoms with E-state index in [1.165, 1.54) is 19.6 Å². The molecule has 0 saturated carbocycles. The van der Waals surface area contributed by atoms with Crippen molar-refractivity contribution in [3.63, 3.8) is 0 Å². The van der Waals surface area contributed by atoms with E-state index in [2.05, 4.69) is 10.6 Å². The summed E-state index contributed by atoms with van der Waals surface area (Å²) in [6, 6.07) is 3.22. The van der Waals surface area contributed by atoms with Gasteiger partial charge >= 0.3 is 12.0 Å². The minimum absolute atomic E-state index is 0.000134. The van der Waals surface area contributed by atoms with E-state index in [0.717, 1.165) is 0 Å². The summed E-state index contributed by atoms with van der Waals surface area (Å²) in [6.45, 7) is 0.193. The van der Waals surface area contributed by atoms with Crippen LogP contribution in [-0.4, -0.2) is 38.2 Å². The van der Waals surface area contributed by atoms with Gasteiger partial charge < -0.3 is 28.9 Å². The predicted octanol–water partition coefficient (Wildman–Crippen LogP) is 2.58. The van der Waals surface area contributed by atoms with Gasteiger partial charge in [0.1, 0.15) is 24.0 Å². The molecule has 0 saturated heterocycles. The van der Waals surface area contributed by atoms with E-state index >= 15 is 0 Å². The first kappa shape index (κ1) is 20.0. The van der Waals surface area contributed by atoms with Crippen molar-refractivity contribution in [2.45, 2.75) is 6.04 Å². The fourth-order valence-electron chi connectivity index (χ4n) is 3.35. The number of allylic oxidation sites excluding steroid dienone is 1. The van der Waals surface area contributed by atoms with Crippen molar-refractivity contribution >= 4 is 45.5 Å². The Bertz CT molecular complexity index is 1230. The molecule has 1 aromatic carbocycles. The largest absolute Gasteiger partial charge is 0.464 e. The van der Waals surface area contributed by atoms with Crippen molar-refractivity contribution in [2.24, 2.45) is 0 Å². The molecular formula is C20H17ClN2O7. The zero-order valence-corrected chi connectivity index (χ0v) is 16.6. The zero-order valence-electron chi connectivity index (χ0n) is 15.8. The molecule has 1 atom stereocenters. The smallest absolute Gasteiger partial charge is 0.338 e. The van der Waals surface area contributed by atoms with Crippen molar-refractivity contribution in [1.29, 1.82) is 0 Å². The van der Waals surface area contributed by atoms with Crippen LogP contribution in [0.25, 0.3) is 21.9 Å². The summed E-state index contributed by atoms with van der Waals surface area (Å²) >= 11 is 5.94. The lowest BCUT2D eigenvalue weighted by Crippen LogP contribution is -2.47. The molecule has 1 aliphatic heterocycles. The number of fused-ring (bicyclic) bond motifs is 3. The number of alkyl halides is 1. The Balaban J connectivity index is 1.83. The first-order valence-corrected chi connectivity index (χ1v) is 9.52. The number of carbonyl (C=O) groups excluding carboxylic acids is 2. The third-order valence-corrected chi connectivity index (χ3v) is 5.00. The Kier molecular flexibility index (Phi) is 5.47. The highest BCUT2D eigenvalue weighted by molar-refractivity contribution is 6.20. The van der Waals surface area contributed by atoms with Crippen molar-refractivity contribution in [2.75, 3.05) is 26.2 Å². The van der Waals surface area contributed by atoms with Gasteiger partial charge in [-0.25, -0.2) is 9.59 Å². The number of esters is 1. The molecule has 3 aromatic rings. The van der Waals surface area contributed by atoms with Crippen molar-refractivity contribution in [1.82, 2.24) is 10.6 Å². The number of rotatable bonds is 6. The molecule has 0 bridgehead atoms. The third-order valence-electron chi connectivity index (χ3n) is 4.74. The van der Waals surface area contributed by atoms with Gasteiger partial charge in [-0.3, -0.25) is 4.79 Å². The number of ether oxygens (including phenoxy) is 2. The fraction of sp³-hybridized carbons (Fsp3) is 0.250. The minimum atomic E-state index is -1.09. The van der Waals surface area contributed by atoms with Crippen LogP contribution in [0.4, 0.5) is 4.79 Å². The van der Waals surface area contributed by atoms with E-state index in [1.807, 2.05) is 0 Å². The molecule has 4 rings (SSSR count). The second-order valence-electron chi connectivity index (χ2n) is 6.48. The van der Waals surface area contributed by atoms with E-state index in [0.29, 0.717) is 16.6 Å². The first-order valence-electron chi connectivity index (χ1n) is 8.99. The Morgan fingerprint density at radius 3 is 2.77 bits per heavy atom. The number of amides is 2. The summed E-state index contributed by atoms with van der Waals surface area (Å²) in [5, 5.41) is 5.99. The van der Waals surface area contributed by atoms with E-state index < -0.39 is 23.5 Å². The Labute approximate surface area is 174 Å². The van der Waals surface area contributed by atoms with Crippen LogP contribution in [0.1, 0.15) is 11.6 Å². The van der Waals surface area contributed by atoms with Crippen LogP contribution in [0.2, 0.25) is 0 Å². The van der Waals surface area contributed by atoms with Gasteiger partial charge in [0.05, 0.1) is 46.7 Å². The maximum Gasteiger partial charge on any atom is 0.338 e. The van der Waals surface area contributed by atoms with E-state index in [1.54, 1.807) is 18.2 Å². The number of hydrogen-bond acceptors (Lipinski definition) is 7. The molecule has 156 valence electrons. The highest BCUT2D eigenvalue weighted by Gasteiger charge is 2.35. The number of carbonyl (C=O) groups is 2. The highest BCUT2D eigenvalue weighted by Crippen LogP contribution is 2.30. The van der Waals surface area contributed by atoms with Gasteiger partial charge in [-0.1, -0.05) is 0 Å². The fourth-order valence-corrected chi connectivity index (χ4v) is 3.56. The number of hydrogen-bond donors (Lipinski definition) is 2. The van der Waals surface area contributed by atoms with Crippen LogP contribution >= 0.6 is 11.6 Å². The third kappa shape index (κ3) is 3.42. The second kappa shape index (κ2) is 8.21. The first-order chi connectivity index (χ1) is 14.5. The summed E-state index contributed by atoms with van der Waals surface area (Å²) in [5.41, 5.74) is 0.764. The molecule has 9 nitrogen and oxygen atoms in total. The average Bonchev–Trinajstić information content (AvgIpc) is 3.22. The van der Waals surface area contributed by atoms with Crippen molar-refractivity contribution in [3.8, 4) is 0 Å².